The van der Waals surface area contributed by atoms with Gasteiger partial charge >= 0.3 is 8.74 Å². The van der Waals surface area contributed by atoms with Crippen LogP contribution in [0, 0.1) is 0 Å². The Morgan fingerprint density at radius 2 is 2.00 bits per heavy atom. The number of benzene rings is 1. The number of thioether (sulfide) groups is 1. The normalized spacial score (nSPS) is 11.9. The lowest BCUT2D eigenvalue weighted by Gasteiger charge is -2.08. The highest BCUT2D eigenvalue weighted by Gasteiger charge is 2.28. The lowest BCUT2D eigenvalue weighted by molar-refractivity contribution is 0.626. The van der Waals surface area contributed by atoms with Gasteiger partial charge in [0.25, 0.3) is 0 Å². The van der Waals surface area contributed by atoms with Crippen LogP contribution < -0.4 is 0 Å². The maximum atomic E-state index is 12.9. The van der Waals surface area contributed by atoms with Gasteiger partial charge in [0.15, 0.2) is 0 Å². The second-order valence-electron chi connectivity index (χ2n) is 3.69. The summed E-state index contributed by atoms with van der Waals surface area (Å²) in [5, 5.41) is 0.913. The van der Waals surface area contributed by atoms with Crippen molar-refractivity contribution >= 4 is 31.4 Å². The van der Waals surface area contributed by atoms with Crippen LogP contribution in [0.4, 0.5) is 8.22 Å². The van der Waals surface area contributed by atoms with Crippen molar-refractivity contribution in [2.75, 3.05) is 5.38 Å². The van der Waals surface area contributed by atoms with Gasteiger partial charge in [0.1, 0.15) is 0 Å². The molecule has 1 heterocycles. The van der Waals surface area contributed by atoms with E-state index in [-0.39, 0.29) is 5.38 Å². The molecule has 0 N–H and O–H groups in total. The third kappa shape index (κ3) is 2.80. The van der Waals surface area contributed by atoms with E-state index in [1.807, 2.05) is 30.3 Å². The monoisotopic (exact) mass is 255 g/mol. The third-order valence-corrected chi connectivity index (χ3v) is 5.32. The first-order chi connectivity index (χ1) is 7.56. The number of para-hydroxylation sites is 1. The van der Waals surface area contributed by atoms with Crippen molar-refractivity contribution in [3.63, 3.8) is 0 Å². The van der Waals surface area contributed by atoms with Crippen molar-refractivity contribution in [3.05, 3.63) is 36.5 Å². The number of nitrogens with zero attached hydrogens (tertiary/aromatic N) is 1. The fourth-order valence-corrected chi connectivity index (χ4v) is 3.52. The van der Waals surface area contributed by atoms with Crippen LogP contribution in [-0.2, 0) is 0 Å². The standard InChI is InChI=1S/C11H11F2NSSi/c1-16(12,13)8-15-10-6-2-4-9-5-3-7-14-11(9)10/h2-7H,8H2,1H3. The first kappa shape index (κ1) is 11.5. The Bertz CT molecular complexity index is 493. The van der Waals surface area contributed by atoms with E-state index in [0.717, 1.165) is 22.3 Å². The molecule has 0 aliphatic carbocycles. The van der Waals surface area contributed by atoms with Crippen LogP contribution in [0.15, 0.2) is 41.4 Å². The van der Waals surface area contributed by atoms with Crippen LogP contribution in [0.5, 0.6) is 0 Å². The molecule has 0 aliphatic heterocycles. The predicted molar refractivity (Wildman–Crippen MR) is 66.3 cm³/mol. The average Bonchev–Trinajstić information content (AvgIpc) is 2.25. The van der Waals surface area contributed by atoms with E-state index in [4.69, 9.17) is 0 Å². The van der Waals surface area contributed by atoms with Gasteiger partial charge in [-0.25, -0.2) is 0 Å². The number of rotatable bonds is 3. The lowest BCUT2D eigenvalue weighted by Crippen LogP contribution is -2.20. The number of fused-ring (bicyclic) bond motifs is 1. The number of hydrogen-bond acceptors (Lipinski definition) is 2. The largest absolute Gasteiger partial charge is 0.431 e. The molecule has 16 heavy (non-hydrogen) atoms. The highest BCUT2D eigenvalue weighted by atomic mass is 32.2. The summed E-state index contributed by atoms with van der Waals surface area (Å²) in [5.74, 6) is 0. The minimum Gasteiger partial charge on any atom is -0.270 e. The number of pyridine rings is 1. The quantitative estimate of drug-likeness (QED) is 0.469. The van der Waals surface area contributed by atoms with E-state index in [1.165, 1.54) is 11.8 Å². The van der Waals surface area contributed by atoms with Crippen molar-refractivity contribution in [1.82, 2.24) is 4.98 Å². The first-order valence-corrected chi connectivity index (χ1v) is 8.35. The van der Waals surface area contributed by atoms with Crippen LogP contribution in [0.2, 0.25) is 6.55 Å². The molecule has 0 atom stereocenters. The zero-order chi connectivity index (χ0) is 11.6. The average molecular weight is 255 g/mol. The van der Waals surface area contributed by atoms with Crippen molar-refractivity contribution < 1.29 is 8.22 Å². The molecular weight excluding hydrogens is 244 g/mol. The van der Waals surface area contributed by atoms with Gasteiger partial charge in [-0.3, -0.25) is 13.2 Å². The Balaban J connectivity index is 2.30. The smallest absolute Gasteiger partial charge is 0.270 e. The van der Waals surface area contributed by atoms with E-state index >= 15 is 0 Å². The van der Waals surface area contributed by atoms with Crippen molar-refractivity contribution in [2.45, 2.75) is 11.4 Å². The first-order valence-electron chi connectivity index (χ1n) is 4.91. The molecule has 0 bridgehead atoms. The molecule has 1 aromatic carbocycles. The summed E-state index contributed by atoms with van der Waals surface area (Å²) in [7, 11) is -3.99. The number of aromatic nitrogens is 1. The molecule has 0 saturated carbocycles. The molecule has 2 rings (SSSR count). The summed E-state index contributed by atoms with van der Waals surface area (Å²) >= 11 is 1.21. The highest BCUT2D eigenvalue weighted by molar-refractivity contribution is 8.01. The molecule has 0 radical (unpaired) electrons. The minimum atomic E-state index is -3.99. The van der Waals surface area contributed by atoms with Crippen LogP contribution >= 0.6 is 11.8 Å². The fourth-order valence-electron chi connectivity index (χ4n) is 1.40. The topological polar surface area (TPSA) is 12.9 Å². The Hall–Kier alpha value is -0.943. The van der Waals surface area contributed by atoms with E-state index < -0.39 is 8.74 Å². The Morgan fingerprint density at radius 3 is 2.75 bits per heavy atom. The summed E-state index contributed by atoms with van der Waals surface area (Å²) in [6.45, 7) is 1.07. The summed E-state index contributed by atoms with van der Waals surface area (Å²) < 4.78 is 25.8. The van der Waals surface area contributed by atoms with Crippen LogP contribution in [0.1, 0.15) is 0 Å². The molecule has 0 unspecified atom stereocenters. The Kier molecular flexibility index (Phi) is 3.25. The van der Waals surface area contributed by atoms with Gasteiger partial charge in [0.2, 0.25) is 0 Å². The molecule has 0 amide bonds. The molecule has 2 aromatic rings. The van der Waals surface area contributed by atoms with Crippen molar-refractivity contribution in [2.24, 2.45) is 0 Å². The van der Waals surface area contributed by atoms with Crippen LogP contribution in [-0.4, -0.2) is 19.1 Å². The third-order valence-electron chi connectivity index (χ3n) is 2.08. The van der Waals surface area contributed by atoms with Gasteiger partial charge in [0, 0.05) is 21.9 Å². The highest BCUT2D eigenvalue weighted by Crippen LogP contribution is 2.28. The van der Waals surface area contributed by atoms with Crippen molar-refractivity contribution in [3.8, 4) is 0 Å². The maximum Gasteiger partial charge on any atom is 0.431 e. The zero-order valence-corrected chi connectivity index (χ0v) is 10.6. The summed E-state index contributed by atoms with van der Waals surface area (Å²) in [5.41, 5.74) is 0.813. The molecule has 0 aliphatic rings. The molecule has 5 heteroatoms. The van der Waals surface area contributed by atoms with E-state index in [9.17, 15) is 8.22 Å². The second kappa shape index (κ2) is 4.51. The Morgan fingerprint density at radius 1 is 1.25 bits per heavy atom. The molecule has 1 nitrogen and oxygen atoms in total. The molecule has 0 fully saturated rings. The van der Waals surface area contributed by atoms with Gasteiger partial charge in [-0.05, 0) is 18.7 Å². The lowest BCUT2D eigenvalue weighted by atomic mass is 10.2. The predicted octanol–water partition coefficient (Wildman–Crippen LogP) is 3.88. The molecular formula is C11H11F2NSSi. The maximum absolute atomic E-state index is 12.9. The molecule has 0 saturated heterocycles. The second-order valence-corrected chi connectivity index (χ2v) is 7.71. The minimum absolute atomic E-state index is 0.0807. The number of halogens is 2. The van der Waals surface area contributed by atoms with E-state index in [1.54, 1.807) is 6.20 Å². The molecule has 1 aromatic heterocycles. The summed E-state index contributed by atoms with van der Waals surface area (Å²) in [6.07, 6.45) is 1.69. The zero-order valence-electron chi connectivity index (χ0n) is 8.78. The number of hydrogen-bond donors (Lipinski definition) is 0. The molecule has 0 spiro atoms. The summed E-state index contributed by atoms with van der Waals surface area (Å²) in [4.78, 5) is 5.07. The van der Waals surface area contributed by atoms with Gasteiger partial charge in [-0.2, -0.15) is 0 Å². The van der Waals surface area contributed by atoms with Crippen LogP contribution in [0.25, 0.3) is 10.9 Å². The van der Waals surface area contributed by atoms with Crippen molar-refractivity contribution in [1.29, 1.82) is 0 Å². The van der Waals surface area contributed by atoms with Gasteiger partial charge < -0.3 is 0 Å². The Labute approximate surface area is 98.2 Å². The van der Waals surface area contributed by atoms with Gasteiger partial charge in [-0.15, -0.1) is 11.8 Å². The molecule has 84 valence electrons. The van der Waals surface area contributed by atoms with Gasteiger partial charge in [0.05, 0.1) is 5.52 Å². The van der Waals surface area contributed by atoms with E-state index in [2.05, 4.69) is 4.98 Å². The fraction of sp³-hybridized carbons (Fsp3) is 0.182. The van der Waals surface area contributed by atoms with E-state index in [0.29, 0.717) is 0 Å². The SMILES string of the molecule is C[Si](F)(F)CSc1cccc2cccnc12. The summed E-state index contributed by atoms with van der Waals surface area (Å²) in [6, 6.07) is 9.45. The van der Waals surface area contributed by atoms with Gasteiger partial charge in [-0.1, -0.05) is 18.2 Å². The van der Waals surface area contributed by atoms with Crippen LogP contribution in [0.3, 0.4) is 0 Å².